The van der Waals surface area contributed by atoms with Crippen molar-refractivity contribution in [2.75, 3.05) is 13.7 Å². The zero-order valence-corrected chi connectivity index (χ0v) is 6.84. The molecule has 1 heterocycles. The van der Waals surface area contributed by atoms with Crippen LogP contribution in [-0.2, 0) is 4.74 Å². The van der Waals surface area contributed by atoms with E-state index < -0.39 is 0 Å². The Kier molecular flexibility index (Phi) is 3.32. The van der Waals surface area contributed by atoms with Crippen LogP contribution in [0, 0.1) is 0 Å². The van der Waals surface area contributed by atoms with Crippen LogP contribution in [0.3, 0.4) is 0 Å². The van der Waals surface area contributed by atoms with Crippen LogP contribution < -0.4 is 11.3 Å². The van der Waals surface area contributed by atoms with E-state index in [9.17, 15) is 0 Å². The third-order valence-electron chi connectivity index (χ3n) is 1.87. The van der Waals surface area contributed by atoms with Crippen molar-refractivity contribution < 1.29 is 4.74 Å². The monoisotopic (exact) mass is 157 g/mol. The van der Waals surface area contributed by atoms with E-state index >= 15 is 0 Å². The molecule has 0 aromatic rings. The lowest BCUT2D eigenvalue weighted by molar-refractivity contribution is 0.0564. The smallest absolute Gasteiger partial charge is 0.140 e. The predicted octanol–water partition coefficient (Wildman–Crippen LogP) is 0.0471. The molecule has 4 heteroatoms. The van der Waals surface area contributed by atoms with Gasteiger partial charge in [0.1, 0.15) is 11.9 Å². The number of hydrogen-bond acceptors (Lipinski definition) is 3. The predicted molar refractivity (Wildman–Crippen MR) is 44.3 cm³/mol. The molecule has 64 valence electrons. The summed E-state index contributed by atoms with van der Waals surface area (Å²) in [4.78, 5) is 3.99. The minimum absolute atomic E-state index is 0.0961. The summed E-state index contributed by atoms with van der Waals surface area (Å²) in [5.41, 5.74) is 2.55. The number of rotatable bonds is 1. The van der Waals surface area contributed by atoms with Gasteiger partial charge in [0, 0.05) is 13.7 Å². The van der Waals surface area contributed by atoms with Crippen LogP contribution in [0.2, 0.25) is 0 Å². The summed E-state index contributed by atoms with van der Waals surface area (Å²) in [6.45, 7) is 0.825. The Morgan fingerprint density at radius 2 is 2.45 bits per heavy atom. The lowest BCUT2D eigenvalue weighted by Gasteiger charge is -2.23. The van der Waals surface area contributed by atoms with Crippen LogP contribution in [0.4, 0.5) is 0 Å². The summed E-state index contributed by atoms with van der Waals surface area (Å²) in [5.74, 6) is 6.01. The summed E-state index contributed by atoms with van der Waals surface area (Å²) in [6, 6.07) is 0. The molecule has 1 unspecified atom stereocenters. The highest BCUT2D eigenvalue weighted by atomic mass is 16.5. The first-order valence-corrected chi connectivity index (χ1v) is 3.93. The lowest BCUT2D eigenvalue weighted by atomic mass is 10.1. The SMILES string of the molecule is CN=C(NN)C1CCCCO1. The summed E-state index contributed by atoms with van der Waals surface area (Å²) >= 11 is 0. The molecule has 1 aliphatic heterocycles. The third kappa shape index (κ3) is 2.17. The number of nitrogens with one attached hydrogen (secondary N) is 1. The van der Waals surface area contributed by atoms with Gasteiger partial charge in [-0.3, -0.25) is 4.99 Å². The molecule has 1 atom stereocenters. The molecule has 1 fully saturated rings. The highest BCUT2D eigenvalue weighted by Crippen LogP contribution is 2.12. The summed E-state index contributed by atoms with van der Waals surface area (Å²) in [5, 5.41) is 0. The Balaban J connectivity index is 2.43. The Labute approximate surface area is 66.8 Å². The normalized spacial score (nSPS) is 26.7. The maximum absolute atomic E-state index is 5.45. The molecule has 1 rings (SSSR count). The Hall–Kier alpha value is -0.610. The molecule has 0 amide bonds. The van der Waals surface area contributed by atoms with E-state index in [1.807, 2.05) is 0 Å². The van der Waals surface area contributed by atoms with Crippen molar-refractivity contribution in [2.24, 2.45) is 10.8 Å². The quantitative estimate of drug-likeness (QED) is 0.245. The molecule has 0 spiro atoms. The zero-order valence-electron chi connectivity index (χ0n) is 6.84. The van der Waals surface area contributed by atoms with Gasteiger partial charge in [-0.25, -0.2) is 5.84 Å². The van der Waals surface area contributed by atoms with Crippen molar-refractivity contribution in [3.8, 4) is 0 Å². The molecule has 0 aromatic heterocycles. The van der Waals surface area contributed by atoms with E-state index in [1.54, 1.807) is 7.05 Å². The van der Waals surface area contributed by atoms with Crippen LogP contribution in [-0.4, -0.2) is 25.6 Å². The van der Waals surface area contributed by atoms with Gasteiger partial charge >= 0.3 is 0 Å². The highest BCUT2D eigenvalue weighted by Gasteiger charge is 2.18. The summed E-state index contributed by atoms with van der Waals surface area (Å²) in [6.07, 6.45) is 3.47. The number of ether oxygens (including phenoxy) is 1. The van der Waals surface area contributed by atoms with E-state index in [4.69, 9.17) is 10.6 Å². The summed E-state index contributed by atoms with van der Waals surface area (Å²) in [7, 11) is 1.72. The van der Waals surface area contributed by atoms with Gasteiger partial charge in [-0.1, -0.05) is 0 Å². The molecule has 3 N–H and O–H groups in total. The van der Waals surface area contributed by atoms with Gasteiger partial charge in [-0.2, -0.15) is 0 Å². The first kappa shape index (κ1) is 8.49. The van der Waals surface area contributed by atoms with E-state index in [0.717, 1.165) is 25.3 Å². The minimum Gasteiger partial charge on any atom is -0.370 e. The summed E-state index contributed by atoms with van der Waals surface area (Å²) < 4.78 is 5.45. The van der Waals surface area contributed by atoms with Gasteiger partial charge in [-0.05, 0) is 19.3 Å². The van der Waals surface area contributed by atoms with E-state index in [2.05, 4.69) is 10.4 Å². The molecular weight excluding hydrogens is 142 g/mol. The number of hydrogen-bond donors (Lipinski definition) is 2. The number of aliphatic imine (C=N–C) groups is 1. The molecule has 4 nitrogen and oxygen atoms in total. The minimum atomic E-state index is 0.0961. The second kappa shape index (κ2) is 4.31. The van der Waals surface area contributed by atoms with Gasteiger partial charge < -0.3 is 10.2 Å². The molecule has 0 aromatic carbocycles. The number of hydrazine groups is 1. The Morgan fingerprint density at radius 3 is 2.91 bits per heavy atom. The largest absolute Gasteiger partial charge is 0.370 e. The fourth-order valence-corrected chi connectivity index (χ4v) is 1.26. The van der Waals surface area contributed by atoms with Crippen LogP contribution in [0.1, 0.15) is 19.3 Å². The van der Waals surface area contributed by atoms with Gasteiger partial charge in [-0.15, -0.1) is 0 Å². The van der Waals surface area contributed by atoms with Crippen molar-refractivity contribution in [3.63, 3.8) is 0 Å². The zero-order chi connectivity index (χ0) is 8.10. The third-order valence-corrected chi connectivity index (χ3v) is 1.87. The van der Waals surface area contributed by atoms with Gasteiger partial charge in [0.05, 0.1) is 0 Å². The average molecular weight is 157 g/mol. The lowest BCUT2D eigenvalue weighted by Crippen LogP contribution is -2.42. The standard InChI is InChI=1S/C7H15N3O/c1-9-7(10-8)6-4-2-3-5-11-6/h6H,2-5,8H2,1H3,(H,9,10). The van der Waals surface area contributed by atoms with Crippen LogP contribution in [0.25, 0.3) is 0 Å². The van der Waals surface area contributed by atoms with Crippen molar-refractivity contribution in [1.82, 2.24) is 5.43 Å². The average Bonchev–Trinajstić information content (AvgIpc) is 2.09. The molecule has 0 aliphatic carbocycles. The van der Waals surface area contributed by atoms with Crippen LogP contribution >= 0.6 is 0 Å². The van der Waals surface area contributed by atoms with E-state index in [1.165, 1.54) is 6.42 Å². The van der Waals surface area contributed by atoms with Gasteiger partial charge in [0.25, 0.3) is 0 Å². The Morgan fingerprint density at radius 1 is 1.64 bits per heavy atom. The molecule has 11 heavy (non-hydrogen) atoms. The first-order chi connectivity index (χ1) is 5.38. The van der Waals surface area contributed by atoms with Crippen molar-refractivity contribution in [3.05, 3.63) is 0 Å². The number of nitrogens with zero attached hydrogens (tertiary/aromatic N) is 1. The van der Waals surface area contributed by atoms with Crippen molar-refractivity contribution in [1.29, 1.82) is 0 Å². The van der Waals surface area contributed by atoms with E-state index in [0.29, 0.717) is 0 Å². The van der Waals surface area contributed by atoms with Crippen LogP contribution in [0.5, 0.6) is 0 Å². The molecule has 1 saturated heterocycles. The molecular formula is C7H15N3O. The van der Waals surface area contributed by atoms with E-state index in [-0.39, 0.29) is 6.10 Å². The maximum atomic E-state index is 5.45. The van der Waals surface area contributed by atoms with Crippen LogP contribution in [0.15, 0.2) is 4.99 Å². The maximum Gasteiger partial charge on any atom is 0.140 e. The molecule has 0 radical (unpaired) electrons. The molecule has 0 bridgehead atoms. The van der Waals surface area contributed by atoms with Crippen molar-refractivity contribution >= 4 is 5.84 Å². The Bertz CT molecular complexity index is 141. The van der Waals surface area contributed by atoms with Crippen molar-refractivity contribution in [2.45, 2.75) is 25.4 Å². The van der Waals surface area contributed by atoms with Gasteiger partial charge in [0.2, 0.25) is 0 Å². The second-order valence-electron chi connectivity index (χ2n) is 2.61. The number of nitrogens with two attached hydrogens (primary N) is 1. The molecule has 1 aliphatic rings. The highest BCUT2D eigenvalue weighted by molar-refractivity contribution is 5.85. The molecule has 0 saturated carbocycles. The fourth-order valence-electron chi connectivity index (χ4n) is 1.26. The number of amidine groups is 1. The second-order valence-corrected chi connectivity index (χ2v) is 2.61. The van der Waals surface area contributed by atoms with Gasteiger partial charge in [0.15, 0.2) is 0 Å². The topological polar surface area (TPSA) is 59.6 Å². The first-order valence-electron chi connectivity index (χ1n) is 3.93. The fraction of sp³-hybridized carbons (Fsp3) is 0.857.